The van der Waals surface area contributed by atoms with Crippen LogP contribution >= 0.6 is 23.2 Å². The highest BCUT2D eigenvalue weighted by Crippen LogP contribution is 2.37. The summed E-state index contributed by atoms with van der Waals surface area (Å²) in [5.74, 6) is -1.15. The minimum atomic E-state index is -1.53. The normalized spacial score (nSPS) is 13.9. The predicted molar refractivity (Wildman–Crippen MR) is 186 cm³/mol. The van der Waals surface area contributed by atoms with Gasteiger partial charge in [-0.2, -0.15) is 0 Å². The number of benzene rings is 3. The molecule has 5 aromatic rings. The average Bonchev–Trinajstić information content (AvgIpc) is 3.22. The van der Waals surface area contributed by atoms with Gasteiger partial charge < -0.3 is 24.4 Å². The van der Waals surface area contributed by atoms with E-state index < -0.39 is 23.8 Å². The molecule has 0 saturated heterocycles. The van der Waals surface area contributed by atoms with Crippen molar-refractivity contribution in [2.45, 2.75) is 26.2 Å². The van der Waals surface area contributed by atoms with Crippen LogP contribution in [0.2, 0.25) is 10.0 Å². The van der Waals surface area contributed by atoms with Gasteiger partial charge >= 0.3 is 0 Å². The fraction of sp³-hybridized carbons (Fsp3) is 0.167. The zero-order valence-electron chi connectivity index (χ0n) is 26.8. The van der Waals surface area contributed by atoms with Crippen molar-refractivity contribution in [3.63, 3.8) is 0 Å². The summed E-state index contributed by atoms with van der Waals surface area (Å²) >= 11 is 13.2. The van der Waals surface area contributed by atoms with Crippen molar-refractivity contribution in [1.82, 2.24) is 20.3 Å². The molecule has 2 aromatic heterocycles. The first-order valence-corrected chi connectivity index (χ1v) is 16.1. The van der Waals surface area contributed by atoms with Crippen LogP contribution in [0.1, 0.15) is 39.8 Å². The number of pyridine rings is 1. The molecule has 50 heavy (non-hydrogen) atoms. The van der Waals surface area contributed by atoms with Gasteiger partial charge in [0.2, 0.25) is 12.0 Å². The number of methoxy groups -OCH3 is 1. The molecule has 254 valence electrons. The second-order valence-corrected chi connectivity index (χ2v) is 11.6. The number of benzodiazepines with no additional fused rings is 1. The lowest BCUT2D eigenvalue weighted by Crippen LogP contribution is -2.47. The maximum Gasteiger partial charge on any atom is 0.272 e. The van der Waals surface area contributed by atoms with E-state index in [2.05, 4.69) is 20.3 Å². The molecule has 0 spiro atoms. The first-order chi connectivity index (χ1) is 24.2. The van der Waals surface area contributed by atoms with E-state index in [1.165, 1.54) is 17.3 Å². The number of amides is 2. The van der Waals surface area contributed by atoms with Crippen LogP contribution in [-0.2, 0) is 17.9 Å². The Hall–Kier alpha value is -5.59. The van der Waals surface area contributed by atoms with Gasteiger partial charge in [0.15, 0.2) is 5.82 Å². The monoisotopic (exact) mass is 714 g/mol. The van der Waals surface area contributed by atoms with Gasteiger partial charge in [-0.15, -0.1) is 0 Å². The summed E-state index contributed by atoms with van der Waals surface area (Å²) in [5.41, 5.74) is 2.16. The Balaban J connectivity index is 1.45. The van der Waals surface area contributed by atoms with Crippen molar-refractivity contribution >= 4 is 46.4 Å². The molecule has 0 saturated carbocycles. The van der Waals surface area contributed by atoms with E-state index in [1.807, 2.05) is 12.1 Å². The quantitative estimate of drug-likeness (QED) is 0.166. The van der Waals surface area contributed by atoms with Crippen molar-refractivity contribution < 1.29 is 28.2 Å². The molecule has 1 aliphatic heterocycles. The number of aliphatic imine (C=N–C) groups is 1. The SMILES string of the molecule is CCOc1cc(Cl)cc(Cl)c1C1=NC(NC(=O)c2cc(F)cnc2OCc2ncccn2)C(=O)N(Cc2ccc(OC)cc2)c2ccccc21. The van der Waals surface area contributed by atoms with Gasteiger partial charge in [-0.25, -0.2) is 24.3 Å². The van der Waals surface area contributed by atoms with Crippen LogP contribution in [0, 0.1) is 5.82 Å². The Morgan fingerprint density at radius 1 is 0.980 bits per heavy atom. The van der Waals surface area contributed by atoms with Gasteiger partial charge in [0.1, 0.15) is 29.5 Å². The summed E-state index contributed by atoms with van der Waals surface area (Å²) in [6, 6.07) is 20.1. The molecule has 1 unspecified atom stereocenters. The summed E-state index contributed by atoms with van der Waals surface area (Å²) in [4.78, 5) is 47.0. The minimum Gasteiger partial charge on any atom is -0.497 e. The molecule has 3 aromatic carbocycles. The number of hydrogen-bond acceptors (Lipinski definition) is 9. The molecular formula is C36H29Cl2FN6O5. The van der Waals surface area contributed by atoms with Crippen molar-refractivity contribution in [3.8, 4) is 17.4 Å². The highest BCUT2D eigenvalue weighted by atomic mass is 35.5. The van der Waals surface area contributed by atoms with Crippen molar-refractivity contribution in [2.24, 2.45) is 4.99 Å². The smallest absolute Gasteiger partial charge is 0.272 e. The number of nitrogens with zero attached hydrogens (tertiary/aromatic N) is 5. The van der Waals surface area contributed by atoms with Gasteiger partial charge in [-0.1, -0.05) is 53.5 Å². The molecule has 1 atom stereocenters. The Morgan fingerprint density at radius 3 is 2.48 bits per heavy atom. The van der Waals surface area contributed by atoms with Gasteiger partial charge in [-0.05, 0) is 55.0 Å². The number of carbonyl (C=O) groups is 2. The zero-order chi connectivity index (χ0) is 35.2. The van der Waals surface area contributed by atoms with Crippen molar-refractivity contribution in [3.05, 3.63) is 135 Å². The van der Waals surface area contributed by atoms with E-state index in [-0.39, 0.29) is 41.9 Å². The number of aromatic nitrogens is 3. The Labute approximate surface area is 296 Å². The first-order valence-electron chi connectivity index (χ1n) is 15.3. The molecule has 1 aliphatic rings. The topological polar surface area (TPSA) is 128 Å². The summed E-state index contributed by atoms with van der Waals surface area (Å²) in [6.45, 7) is 2.05. The first kappa shape index (κ1) is 34.3. The molecule has 11 nitrogen and oxygen atoms in total. The number of halogens is 3. The Morgan fingerprint density at radius 2 is 1.74 bits per heavy atom. The number of nitrogens with one attached hydrogen (secondary N) is 1. The molecule has 0 radical (unpaired) electrons. The predicted octanol–water partition coefficient (Wildman–Crippen LogP) is 6.44. The fourth-order valence-corrected chi connectivity index (χ4v) is 5.86. The van der Waals surface area contributed by atoms with Crippen LogP contribution in [0.15, 0.2) is 96.4 Å². The van der Waals surface area contributed by atoms with E-state index in [0.717, 1.165) is 17.8 Å². The number of hydrogen-bond donors (Lipinski definition) is 1. The molecule has 2 amide bonds. The second kappa shape index (κ2) is 15.3. The van der Waals surface area contributed by atoms with E-state index in [4.69, 9.17) is 42.4 Å². The van der Waals surface area contributed by atoms with Crippen LogP contribution in [0.5, 0.6) is 17.4 Å². The second-order valence-electron chi connectivity index (χ2n) is 10.8. The molecule has 0 aliphatic carbocycles. The van der Waals surface area contributed by atoms with Gasteiger partial charge in [0.25, 0.3) is 11.8 Å². The lowest BCUT2D eigenvalue weighted by molar-refractivity contribution is -0.120. The lowest BCUT2D eigenvalue weighted by Gasteiger charge is -2.26. The number of para-hydroxylation sites is 1. The van der Waals surface area contributed by atoms with E-state index in [9.17, 15) is 14.0 Å². The summed E-state index contributed by atoms with van der Waals surface area (Å²) in [6.07, 6.45) is 2.45. The maximum atomic E-state index is 14.5. The lowest BCUT2D eigenvalue weighted by atomic mass is 9.99. The van der Waals surface area contributed by atoms with Crippen molar-refractivity contribution in [1.29, 1.82) is 0 Å². The van der Waals surface area contributed by atoms with Crippen molar-refractivity contribution in [2.75, 3.05) is 18.6 Å². The molecule has 14 heteroatoms. The Kier molecular flexibility index (Phi) is 10.5. The molecule has 3 heterocycles. The van der Waals surface area contributed by atoms with Gasteiger partial charge in [0, 0.05) is 23.0 Å². The molecule has 0 bridgehead atoms. The summed E-state index contributed by atoms with van der Waals surface area (Å²) in [7, 11) is 1.56. The minimum absolute atomic E-state index is 0.106. The third kappa shape index (κ3) is 7.51. The van der Waals surface area contributed by atoms with Crippen LogP contribution in [0.4, 0.5) is 10.1 Å². The number of ether oxygens (including phenoxy) is 3. The van der Waals surface area contributed by atoms with E-state index in [0.29, 0.717) is 39.2 Å². The number of rotatable bonds is 11. The van der Waals surface area contributed by atoms with E-state index >= 15 is 0 Å². The Bertz CT molecular complexity index is 2070. The zero-order valence-corrected chi connectivity index (χ0v) is 28.3. The molecule has 0 fully saturated rings. The van der Waals surface area contributed by atoms with Gasteiger partial charge in [0.05, 0.1) is 48.4 Å². The van der Waals surface area contributed by atoms with Crippen LogP contribution in [0.25, 0.3) is 0 Å². The van der Waals surface area contributed by atoms with Gasteiger partial charge in [-0.3, -0.25) is 9.59 Å². The molecule has 1 N–H and O–H groups in total. The highest BCUT2D eigenvalue weighted by molar-refractivity contribution is 6.39. The van der Waals surface area contributed by atoms with Crippen LogP contribution in [-0.4, -0.2) is 52.4 Å². The average molecular weight is 716 g/mol. The number of carbonyl (C=O) groups excluding carboxylic acids is 2. The highest BCUT2D eigenvalue weighted by Gasteiger charge is 2.35. The molecule has 6 rings (SSSR count). The fourth-order valence-electron chi connectivity index (χ4n) is 5.29. The number of fused-ring (bicyclic) bond motifs is 1. The van der Waals surface area contributed by atoms with Crippen LogP contribution in [0.3, 0.4) is 0 Å². The number of anilines is 1. The van der Waals surface area contributed by atoms with Crippen LogP contribution < -0.4 is 24.4 Å². The maximum absolute atomic E-state index is 14.5. The standard InChI is InChI=1S/C36H29Cl2FN6O5/c1-3-49-29-16-22(37)15-27(38)31(29)32-25-7-4-5-8-28(25)45(19-21-9-11-24(48-2)12-10-21)36(47)33(43-32)44-34(46)26-17-23(39)18-42-35(26)50-20-30-40-13-6-14-41-30/h4-18,33H,3,19-20H2,1-2H3,(H,44,46). The third-order valence-electron chi connectivity index (χ3n) is 7.55. The molecular weight excluding hydrogens is 686 g/mol. The summed E-state index contributed by atoms with van der Waals surface area (Å²) in [5, 5.41) is 3.22. The largest absolute Gasteiger partial charge is 0.497 e. The summed E-state index contributed by atoms with van der Waals surface area (Å²) < 4.78 is 31.5. The van der Waals surface area contributed by atoms with E-state index in [1.54, 1.807) is 68.6 Å². The third-order valence-corrected chi connectivity index (χ3v) is 8.07.